The zero-order valence-corrected chi connectivity index (χ0v) is 9.06. The van der Waals surface area contributed by atoms with Gasteiger partial charge in [-0.1, -0.05) is 6.92 Å². The van der Waals surface area contributed by atoms with E-state index in [0.717, 1.165) is 18.2 Å². The maximum Gasteiger partial charge on any atom is 0.126 e. The minimum Gasteiger partial charge on any atom is -0.207 e. The van der Waals surface area contributed by atoms with Crippen molar-refractivity contribution in [3.63, 3.8) is 0 Å². The number of benzene rings is 1. The summed E-state index contributed by atoms with van der Waals surface area (Å²) in [4.78, 5) is 0. The zero-order chi connectivity index (χ0) is 11.4. The predicted molar refractivity (Wildman–Crippen MR) is 57.8 cm³/mol. The maximum absolute atomic E-state index is 13.4. The van der Waals surface area contributed by atoms with Crippen LogP contribution in [0.3, 0.4) is 0 Å². The first-order valence-corrected chi connectivity index (χ1v) is 5.10. The monoisotopic (exact) mass is 228 g/mol. The van der Waals surface area contributed by atoms with Crippen LogP contribution in [0.4, 0.5) is 8.78 Å². The van der Waals surface area contributed by atoms with Gasteiger partial charge in [-0.2, -0.15) is 0 Å². The molecule has 0 amide bonds. The van der Waals surface area contributed by atoms with E-state index in [9.17, 15) is 8.78 Å². The molecule has 0 spiro atoms. The largest absolute Gasteiger partial charge is 0.207 e. The van der Waals surface area contributed by atoms with Crippen molar-refractivity contribution in [2.24, 2.45) is 5.92 Å². The fraction of sp³-hybridized carbons (Fsp3) is 0.333. The summed E-state index contributed by atoms with van der Waals surface area (Å²) >= 11 is 5.72. The summed E-state index contributed by atoms with van der Waals surface area (Å²) in [5, 5.41) is 0. The molecule has 1 aromatic rings. The highest BCUT2D eigenvalue weighted by Crippen LogP contribution is 2.28. The van der Waals surface area contributed by atoms with Crippen LogP contribution in [0.15, 0.2) is 18.2 Å². The summed E-state index contributed by atoms with van der Waals surface area (Å²) in [6, 6.07) is 3.31. The van der Waals surface area contributed by atoms with E-state index >= 15 is 0 Å². The summed E-state index contributed by atoms with van der Waals surface area (Å²) in [6.45, 7) is 1.76. The van der Waals surface area contributed by atoms with Crippen LogP contribution in [0.1, 0.15) is 18.4 Å². The fourth-order valence-electron chi connectivity index (χ4n) is 1.40. The lowest BCUT2D eigenvalue weighted by atomic mass is 9.89. The molecule has 2 atom stereocenters. The molecule has 0 saturated heterocycles. The average Bonchev–Trinajstić information content (AvgIpc) is 2.23. The van der Waals surface area contributed by atoms with Crippen LogP contribution < -0.4 is 0 Å². The van der Waals surface area contributed by atoms with Gasteiger partial charge in [-0.25, -0.2) is 8.78 Å². The van der Waals surface area contributed by atoms with Crippen LogP contribution >= 0.6 is 11.6 Å². The first-order chi connectivity index (χ1) is 7.10. The predicted octanol–water partition coefficient (Wildman–Crippen LogP) is 3.56. The Balaban J connectivity index is 3.12. The van der Waals surface area contributed by atoms with Gasteiger partial charge in [-0.3, -0.25) is 0 Å². The molecule has 1 rings (SSSR count). The SMILES string of the molecule is C#CC(C)C(CCl)c1cc(F)ccc1F. The Bertz CT molecular complexity index is 382. The van der Waals surface area contributed by atoms with Crippen molar-refractivity contribution in [3.05, 3.63) is 35.4 Å². The molecule has 0 bridgehead atoms. The Morgan fingerprint density at radius 3 is 2.67 bits per heavy atom. The molecule has 0 aliphatic carbocycles. The molecule has 15 heavy (non-hydrogen) atoms. The van der Waals surface area contributed by atoms with Crippen molar-refractivity contribution in [1.29, 1.82) is 0 Å². The molecule has 0 heterocycles. The molecule has 3 heteroatoms. The summed E-state index contributed by atoms with van der Waals surface area (Å²) in [5.74, 6) is 1.13. The van der Waals surface area contributed by atoms with E-state index in [0.29, 0.717) is 0 Å². The Labute approximate surface area is 93.3 Å². The number of halogens is 3. The van der Waals surface area contributed by atoms with Crippen molar-refractivity contribution >= 4 is 11.6 Å². The highest BCUT2D eigenvalue weighted by Gasteiger charge is 2.20. The van der Waals surface area contributed by atoms with Gasteiger partial charge < -0.3 is 0 Å². The van der Waals surface area contributed by atoms with E-state index in [2.05, 4.69) is 5.92 Å². The smallest absolute Gasteiger partial charge is 0.126 e. The Morgan fingerprint density at radius 2 is 2.13 bits per heavy atom. The van der Waals surface area contributed by atoms with E-state index in [1.165, 1.54) is 0 Å². The van der Waals surface area contributed by atoms with Crippen LogP contribution in [0.25, 0.3) is 0 Å². The fourth-order valence-corrected chi connectivity index (χ4v) is 1.83. The van der Waals surface area contributed by atoms with Crippen LogP contribution in [0.5, 0.6) is 0 Å². The van der Waals surface area contributed by atoms with Crippen LogP contribution in [0, 0.1) is 29.9 Å². The molecular weight excluding hydrogens is 218 g/mol. The molecule has 0 aliphatic rings. The second-order valence-corrected chi connectivity index (χ2v) is 3.69. The Kier molecular flexibility index (Phi) is 4.11. The van der Waals surface area contributed by atoms with E-state index in [-0.39, 0.29) is 23.3 Å². The van der Waals surface area contributed by atoms with Gasteiger partial charge >= 0.3 is 0 Å². The Hall–Kier alpha value is -1.07. The van der Waals surface area contributed by atoms with Gasteiger partial charge in [0.2, 0.25) is 0 Å². The van der Waals surface area contributed by atoms with Gasteiger partial charge in [0.25, 0.3) is 0 Å². The lowest BCUT2D eigenvalue weighted by Crippen LogP contribution is -2.12. The van der Waals surface area contributed by atoms with E-state index < -0.39 is 11.6 Å². The Morgan fingerprint density at radius 1 is 1.47 bits per heavy atom. The molecule has 0 saturated carbocycles. The van der Waals surface area contributed by atoms with Crippen molar-refractivity contribution in [1.82, 2.24) is 0 Å². The second-order valence-electron chi connectivity index (χ2n) is 3.38. The average molecular weight is 229 g/mol. The van der Waals surface area contributed by atoms with Crippen molar-refractivity contribution in [2.75, 3.05) is 5.88 Å². The molecule has 0 radical (unpaired) electrons. The standard InChI is InChI=1S/C12H11ClF2/c1-3-8(2)11(7-13)10-6-9(14)4-5-12(10)15/h1,4-6,8,11H,7H2,2H3. The highest BCUT2D eigenvalue weighted by atomic mass is 35.5. The van der Waals surface area contributed by atoms with Crippen LogP contribution in [-0.2, 0) is 0 Å². The number of alkyl halides is 1. The zero-order valence-electron chi connectivity index (χ0n) is 8.31. The quantitative estimate of drug-likeness (QED) is 0.548. The third-order valence-corrected chi connectivity index (χ3v) is 2.72. The maximum atomic E-state index is 13.4. The lowest BCUT2D eigenvalue weighted by Gasteiger charge is -2.18. The molecule has 0 aliphatic heterocycles. The summed E-state index contributed by atoms with van der Waals surface area (Å²) < 4.78 is 26.4. The van der Waals surface area contributed by atoms with Gasteiger partial charge in [0, 0.05) is 17.7 Å². The third-order valence-electron chi connectivity index (χ3n) is 2.39. The van der Waals surface area contributed by atoms with Crippen LogP contribution in [0.2, 0.25) is 0 Å². The lowest BCUT2D eigenvalue weighted by molar-refractivity contribution is 0.536. The minimum absolute atomic E-state index is 0.172. The number of terminal acetylenes is 1. The highest BCUT2D eigenvalue weighted by molar-refractivity contribution is 6.18. The van der Waals surface area contributed by atoms with Crippen molar-refractivity contribution in [2.45, 2.75) is 12.8 Å². The topological polar surface area (TPSA) is 0 Å². The minimum atomic E-state index is -0.481. The molecule has 0 fully saturated rings. The van der Waals surface area contributed by atoms with Gasteiger partial charge in [0.1, 0.15) is 11.6 Å². The first kappa shape index (κ1) is 12.0. The molecule has 1 aromatic carbocycles. The van der Waals surface area contributed by atoms with Crippen LogP contribution in [-0.4, -0.2) is 5.88 Å². The van der Waals surface area contributed by atoms with E-state index in [1.54, 1.807) is 6.92 Å². The molecule has 0 nitrogen and oxygen atoms in total. The summed E-state index contributed by atoms with van der Waals surface area (Å²) in [6.07, 6.45) is 5.25. The van der Waals surface area contributed by atoms with Gasteiger partial charge in [0.05, 0.1) is 0 Å². The third kappa shape index (κ3) is 2.70. The van der Waals surface area contributed by atoms with Crippen molar-refractivity contribution in [3.8, 4) is 12.3 Å². The normalized spacial score (nSPS) is 14.3. The first-order valence-electron chi connectivity index (χ1n) is 4.57. The van der Waals surface area contributed by atoms with E-state index in [4.69, 9.17) is 18.0 Å². The van der Waals surface area contributed by atoms with E-state index in [1.807, 2.05) is 0 Å². The number of rotatable bonds is 3. The molecule has 80 valence electrons. The van der Waals surface area contributed by atoms with Crippen molar-refractivity contribution < 1.29 is 8.78 Å². The van der Waals surface area contributed by atoms with Gasteiger partial charge in [-0.15, -0.1) is 23.9 Å². The second kappa shape index (κ2) is 5.14. The summed E-state index contributed by atoms with van der Waals surface area (Å²) in [7, 11) is 0. The molecular formula is C12H11ClF2. The molecule has 0 aromatic heterocycles. The van der Waals surface area contributed by atoms with Gasteiger partial charge in [0.15, 0.2) is 0 Å². The summed E-state index contributed by atoms with van der Waals surface area (Å²) in [5.41, 5.74) is 0.246. The number of hydrogen-bond donors (Lipinski definition) is 0. The molecule has 2 unspecified atom stereocenters. The van der Waals surface area contributed by atoms with Gasteiger partial charge in [-0.05, 0) is 23.8 Å². The number of hydrogen-bond acceptors (Lipinski definition) is 0. The molecule has 0 N–H and O–H groups in total.